The average molecular weight is 401 g/mol. The summed E-state index contributed by atoms with van der Waals surface area (Å²) >= 11 is 0. The molecule has 0 aromatic rings. The Morgan fingerprint density at radius 3 is 2.69 bits per heavy atom. The molecule has 0 saturated carbocycles. The predicted octanol–water partition coefficient (Wildman–Crippen LogP) is 2.11. The van der Waals surface area contributed by atoms with Crippen LogP contribution in [-0.2, 0) is 23.8 Å². The number of nitrogens with one attached hydrogen (secondary N) is 1. The summed E-state index contributed by atoms with van der Waals surface area (Å²) in [4.78, 5) is 23.3. The van der Waals surface area contributed by atoms with Crippen LogP contribution in [0, 0.1) is 11.8 Å². The van der Waals surface area contributed by atoms with Gasteiger partial charge in [-0.25, -0.2) is 0 Å². The van der Waals surface area contributed by atoms with Crippen LogP contribution in [0.15, 0.2) is 47.3 Å². The average Bonchev–Trinajstić information content (AvgIpc) is 3.39. The van der Waals surface area contributed by atoms with Gasteiger partial charge < -0.3 is 24.6 Å². The largest absolute Gasteiger partial charge is 0.507 e. The Morgan fingerprint density at radius 1 is 1.34 bits per heavy atom. The van der Waals surface area contributed by atoms with Gasteiger partial charge in [0.1, 0.15) is 11.3 Å². The number of fused-ring (bicyclic) bond motifs is 3. The van der Waals surface area contributed by atoms with Crippen LogP contribution in [0.3, 0.4) is 0 Å². The molecule has 1 spiro atoms. The van der Waals surface area contributed by atoms with E-state index in [4.69, 9.17) is 14.2 Å². The molecule has 4 aliphatic rings. The number of aliphatic hydroxyl groups is 1. The van der Waals surface area contributed by atoms with Crippen molar-refractivity contribution in [2.24, 2.45) is 11.8 Å². The van der Waals surface area contributed by atoms with Crippen LogP contribution in [0.5, 0.6) is 0 Å². The summed E-state index contributed by atoms with van der Waals surface area (Å²) in [5.74, 6) is -1.82. The summed E-state index contributed by atoms with van der Waals surface area (Å²) < 4.78 is 18.2. The quantitative estimate of drug-likeness (QED) is 0.187. The van der Waals surface area contributed by atoms with E-state index in [9.17, 15) is 14.7 Å². The van der Waals surface area contributed by atoms with Gasteiger partial charge in [-0.15, -0.1) is 0 Å². The minimum absolute atomic E-state index is 0.0269. The van der Waals surface area contributed by atoms with Gasteiger partial charge in [0, 0.05) is 11.8 Å². The van der Waals surface area contributed by atoms with Gasteiger partial charge in [0.2, 0.25) is 5.79 Å². The number of hydrogen-bond donors (Lipinski definition) is 2. The standard InChI is InChI=1S/C22H27NO6/c1-12(5-6-15(24)18-16(25)10-23-20(18)26)9-13(2)19-14(3)17-7-8-22(11-27-22)21(4,28-17)29-19/h5-9,13-14,17,19,24H,10-11H2,1-4H3,(H,23,26)/b6-5+,12-9+,18-15?/t13-,14+,17-,19-,21-,22?/m1/s1. The predicted molar refractivity (Wildman–Crippen MR) is 105 cm³/mol. The number of Topliss-reactive ketones (excluding diaryl/α,β-unsaturated/α-hetero) is 1. The van der Waals surface area contributed by atoms with Crippen molar-refractivity contribution in [3.63, 3.8) is 0 Å². The maximum atomic E-state index is 11.7. The van der Waals surface area contributed by atoms with Crippen LogP contribution in [0.2, 0.25) is 0 Å². The molecule has 156 valence electrons. The summed E-state index contributed by atoms with van der Waals surface area (Å²) in [5, 5.41) is 12.5. The van der Waals surface area contributed by atoms with Crippen molar-refractivity contribution in [2.75, 3.05) is 13.2 Å². The van der Waals surface area contributed by atoms with Crippen molar-refractivity contribution >= 4 is 11.7 Å². The fraction of sp³-hybridized carbons (Fsp3) is 0.545. The van der Waals surface area contributed by atoms with Crippen LogP contribution in [0.25, 0.3) is 0 Å². The number of hydrogen-bond acceptors (Lipinski definition) is 6. The van der Waals surface area contributed by atoms with E-state index in [1.807, 2.05) is 13.8 Å². The van der Waals surface area contributed by atoms with E-state index in [0.29, 0.717) is 6.61 Å². The van der Waals surface area contributed by atoms with E-state index in [2.05, 4.69) is 37.4 Å². The zero-order valence-electron chi connectivity index (χ0n) is 17.1. The van der Waals surface area contributed by atoms with Gasteiger partial charge >= 0.3 is 0 Å². The van der Waals surface area contributed by atoms with Crippen molar-refractivity contribution in [3.05, 3.63) is 47.3 Å². The molecule has 3 fully saturated rings. The third kappa shape index (κ3) is 3.37. The zero-order valence-corrected chi connectivity index (χ0v) is 17.1. The van der Waals surface area contributed by atoms with E-state index in [1.165, 1.54) is 6.08 Å². The molecule has 0 aromatic carbocycles. The Bertz CT molecular complexity index is 847. The lowest BCUT2D eigenvalue weighted by Gasteiger charge is -2.51. The smallest absolute Gasteiger partial charge is 0.259 e. The molecule has 0 aromatic heterocycles. The van der Waals surface area contributed by atoms with Gasteiger partial charge in [-0.3, -0.25) is 9.59 Å². The maximum Gasteiger partial charge on any atom is 0.259 e. The Balaban J connectivity index is 1.49. The highest BCUT2D eigenvalue weighted by molar-refractivity contribution is 6.25. The van der Waals surface area contributed by atoms with Gasteiger partial charge in [-0.05, 0) is 26.0 Å². The number of ether oxygens (including phenoxy) is 3. The van der Waals surface area contributed by atoms with Crippen molar-refractivity contribution in [1.29, 1.82) is 0 Å². The summed E-state index contributed by atoms with van der Waals surface area (Å²) in [6.45, 7) is 8.56. The summed E-state index contributed by atoms with van der Waals surface area (Å²) in [6.07, 6.45) is 9.18. The molecule has 7 heteroatoms. The minimum atomic E-state index is -0.797. The van der Waals surface area contributed by atoms with E-state index in [1.54, 1.807) is 6.08 Å². The third-order valence-corrected chi connectivity index (χ3v) is 6.26. The minimum Gasteiger partial charge on any atom is -0.507 e. The first-order chi connectivity index (χ1) is 13.7. The highest BCUT2D eigenvalue weighted by atomic mass is 16.8. The zero-order chi connectivity index (χ0) is 21.0. The van der Waals surface area contributed by atoms with Crippen molar-refractivity contribution < 1.29 is 28.9 Å². The first kappa shape index (κ1) is 20.1. The molecule has 0 aliphatic carbocycles. The van der Waals surface area contributed by atoms with Crippen LogP contribution in [0.1, 0.15) is 27.7 Å². The van der Waals surface area contributed by atoms with E-state index >= 15 is 0 Å². The Labute approximate surface area is 170 Å². The normalized spacial score (nSPS) is 41.8. The molecule has 4 aliphatic heterocycles. The molecule has 2 bridgehead atoms. The van der Waals surface area contributed by atoms with Gasteiger partial charge in [0.15, 0.2) is 11.4 Å². The SMILES string of the molecule is CC(/C=C/C(O)=C1C(=O)CNC1=O)=C\[C@@H](C)[C@H]1O[C@@]2(C)O[C@H](C=CC23CO3)[C@@H]1C. The number of carbonyl (C=O) groups is 2. The number of aliphatic hydroxyl groups excluding tert-OH is 1. The van der Waals surface area contributed by atoms with Crippen LogP contribution >= 0.6 is 0 Å². The molecule has 1 unspecified atom stereocenters. The summed E-state index contributed by atoms with van der Waals surface area (Å²) in [5.41, 5.74) is 0.221. The van der Waals surface area contributed by atoms with Crippen molar-refractivity contribution in [3.8, 4) is 0 Å². The van der Waals surface area contributed by atoms with Gasteiger partial charge in [0.05, 0.1) is 25.4 Å². The molecule has 7 nitrogen and oxygen atoms in total. The van der Waals surface area contributed by atoms with Gasteiger partial charge in [0.25, 0.3) is 5.91 Å². The molecular formula is C22H27NO6. The number of allylic oxidation sites excluding steroid dienone is 3. The van der Waals surface area contributed by atoms with Crippen LogP contribution in [0.4, 0.5) is 0 Å². The van der Waals surface area contributed by atoms with E-state index in [0.717, 1.165) is 5.57 Å². The van der Waals surface area contributed by atoms with Crippen LogP contribution in [-0.4, -0.2) is 53.5 Å². The molecule has 29 heavy (non-hydrogen) atoms. The second-order valence-electron chi connectivity index (χ2n) is 8.48. The summed E-state index contributed by atoms with van der Waals surface area (Å²) in [7, 11) is 0. The lowest BCUT2D eigenvalue weighted by atomic mass is 9.82. The maximum absolute atomic E-state index is 11.7. The fourth-order valence-corrected chi connectivity index (χ4v) is 4.37. The molecule has 6 atom stereocenters. The third-order valence-electron chi connectivity index (χ3n) is 6.26. The molecule has 1 amide bonds. The van der Waals surface area contributed by atoms with Gasteiger partial charge in [-0.1, -0.05) is 37.6 Å². The molecule has 4 rings (SSSR count). The first-order valence-electron chi connectivity index (χ1n) is 9.96. The number of epoxide rings is 1. The molecule has 0 radical (unpaired) electrons. The highest BCUT2D eigenvalue weighted by Gasteiger charge is 2.65. The second kappa shape index (κ2) is 6.93. The van der Waals surface area contributed by atoms with Crippen molar-refractivity contribution in [1.82, 2.24) is 5.32 Å². The second-order valence-corrected chi connectivity index (χ2v) is 8.48. The first-order valence-corrected chi connectivity index (χ1v) is 9.96. The monoisotopic (exact) mass is 401 g/mol. The number of amides is 1. The summed E-state index contributed by atoms with van der Waals surface area (Å²) in [6, 6.07) is 0. The van der Waals surface area contributed by atoms with Crippen LogP contribution < -0.4 is 5.32 Å². The number of carbonyl (C=O) groups excluding carboxylic acids is 2. The molecular weight excluding hydrogens is 374 g/mol. The van der Waals surface area contributed by atoms with Crippen molar-refractivity contribution in [2.45, 2.75) is 51.3 Å². The number of ketones is 1. The van der Waals surface area contributed by atoms with E-state index < -0.39 is 23.1 Å². The Hall–Kier alpha value is -2.22. The fourth-order valence-electron chi connectivity index (χ4n) is 4.37. The highest BCUT2D eigenvalue weighted by Crippen LogP contribution is 2.51. The lowest BCUT2D eigenvalue weighted by Crippen LogP contribution is -2.61. The topological polar surface area (TPSA) is 97.4 Å². The molecule has 4 heterocycles. The van der Waals surface area contributed by atoms with Gasteiger partial charge in [-0.2, -0.15) is 0 Å². The molecule has 3 saturated heterocycles. The molecule has 2 N–H and O–H groups in total. The lowest BCUT2D eigenvalue weighted by molar-refractivity contribution is -0.346. The Morgan fingerprint density at radius 2 is 2.07 bits per heavy atom. The number of rotatable bonds is 4. The van der Waals surface area contributed by atoms with E-state index in [-0.39, 0.29) is 41.9 Å². The Kier molecular flexibility index (Phi) is 4.80.